The Labute approximate surface area is 201 Å². The summed E-state index contributed by atoms with van der Waals surface area (Å²) >= 11 is 0. The summed E-state index contributed by atoms with van der Waals surface area (Å²) in [6.07, 6.45) is 3.06. The van der Waals surface area contributed by atoms with Crippen LogP contribution in [0.4, 0.5) is 5.69 Å². The van der Waals surface area contributed by atoms with Crippen molar-refractivity contribution in [1.29, 1.82) is 0 Å². The highest BCUT2D eigenvalue weighted by atomic mass is 16.2. The number of likely N-dealkylation sites (tertiary alicyclic amines) is 1. The van der Waals surface area contributed by atoms with Crippen LogP contribution in [0.5, 0.6) is 0 Å². The molecule has 34 heavy (non-hydrogen) atoms. The highest BCUT2D eigenvalue weighted by Gasteiger charge is 2.23. The fourth-order valence-corrected chi connectivity index (χ4v) is 4.49. The molecule has 2 heterocycles. The SMILES string of the molecule is CC(=O)c1ccccc1NC(=O)c1cc(CC2CCN(C(C)C)CC2)nc(-c2ccccc2)n1. The van der Waals surface area contributed by atoms with Crippen molar-refractivity contribution in [2.24, 2.45) is 5.92 Å². The van der Waals surface area contributed by atoms with Crippen LogP contribution in [0.2, 0.25) is 0 Å². The predicted molar refractivity (Wildman–Crippen MR) is 135 cm³/mol. The van der Waals surface area contributed by atoms with E-state index in [9.17, 15) is 9.59 Å². The molecule has 1 amide bonds. The van der Waals surface area contributed by atoms with Gasteiger partial charge >= 0.3 is 0 Å². The van der Waals surface area contributed by atoms with Crippen LogP contribution in [0.1, 0.15) is 60.2 Å². The second-order valence-electron chi connectivity index (χ2n) is 9.27. The molecule has 1 aliphatic heterocycles. The molecule has 6 heteroatoms. The van der Waals surface area contributed by atoms with Crippen molar-refractivity contribution in [1.82, 2.24) is 14.9 Å². The number of nitrogens with one attached hydrogen (secondary N) is 1. The molecule has 0 bridgehead atoms. The first-order valence-electron chi connectivity index (χ1n) is 12.0. The van der Waals surface area contributed by atoms with Crippen molar-refractivity contribution in [3.8, 4) is 11.4 Å². The normalized spacial score (nSPS) is 14.8. The average molecular weight is 457 g/mol. The zero-order valence-electron chi connectivity index (χ0n) is 20.1. The van der Waals surface area contributed by atoms with E-state index in [1.54, 1.807) is 30.3 Å². The zero-order valence-corrected chi connectivity index (χ0v) is 20.1. The third kappa shape index (κ3) is 5.75. The van der Waals surface area contributed by atoms with Gasteiger partial charge in [-0.25, -0.2) is 9.97 Å². The minimum absolute atomic E-state index is 0.100. The van der Waals surface area contributed by atoms with E-state index in [0.717, 1.165) is 43.6 Å². The summed E-state index contributed by atoms with van der Waals surface area (Å²) in [5.74, 6) is 0.631. The largest absolute Gasteiger partial charge is 0.320 e. The van der Waals surface area contributed by atoms with Crippen LogP contribution >= 0.6 is 0 Å². The molecular weight excluding hydrogens is 424 g/mol. The molecule has 2 aromatic carbocycles. The maximum atomic E-state index is 13.2. The van der Waals surface area contributed by atoms with E-state index >= 15 is 0 Å². The number of carbonyl (C=O) groups is 2. The summed E-state index contributed by atoms with van der Waals surface area (Å²) in [4.78, 5) is 37.1. The molecule has 6 nitrogen and oxygen atoms in total. The molecule has 176 valence electrons. The van der Waals surface area contributed by atoms with Gasteiger partial charge in [0.15, 0.2) is 11.6 Å². The Morgan fingerprint density at radius 1 is 1.00 bits per heavy atom. The molecular formula is C28H32N4O2. The Morgan fingerprint density at radius 3 is 2.35 bits per heavy atom. The van der Waals surface area contributed by atoms with E-state index in [2.05, 4.69) is 29.0 Å². The predicted octanol–water partition coefficient (Wildman–Crippen LogP) is 5.26. The molecule has 0 aliphatic carbocycles. The molecule has 0 radical (unpaired) electrons. The smallest absolute Gasteiger partial charge is 0.274 e. The Morgan fingerprint density at radius 2 is 1.68 bits per heavy atom. The molecule has 1 saturated heterocycles. The minimum atomic E-state index is -0.343. The van der Waals surface area contributed by atoms with Gasteiger partial charge < -0.3 is 10.2 Å². The van der Waals surface area contributed by atoms with Crippen LogP contribution in [-0.4, -0.2) is 45.7 Å². The lowest BCUT2D eigenvalue weighted by Crippen LogP contribution is -2.38. The van der Waals surface area contributed by atoms with E-state index in [-0.39, 0.29) is 11.7 Å². The van der Waals surface area contributed by atoms with Crippen molar-refractivity contribution in [2.75, 3.05) is 18.4 Å². The fourth-order valence-electron chi connectivity index (χ4n) is 4.49. The van der Waals surface area contributed by atoms with E-state index in [4.69, 9.17) is 4.98 Å². The lowest BCUT2D eigenvalue weighted by atomic mass is 9.91. The quantitative estimate of drug-likeness (QED) is 0.491. The Bertz CT molecular complexity index is 1150. The Balaban J connectivity index is 1.60. The number of Topliss-reactive ketones (excluding diaryl/α,β-unsaturated/α-hetero) is 1. The van der Waals surface area contributed by atoms with Crippen LogP contribution in [0.25, 0.3) is 11.4 Å². The van der Waals surface area contributed by atoms with E-state index < -0.39 is 0 Å². The van der Waals surface area contributed by atoms with Gasteiger partial charge in [0.2, 0.25) is 0 Å². The molecule has 0 spiro atoms. The summed E-state index contributed by atoms with van der Waals surface area (Å²) < 4.78 is 0. The van der Waals surface area contributed by atoms with Gasteiger partial charge in [-0.1, -0.05) is 42.5 Å². The Hall–Kier alpha value is -3.38. The summed E-state index contributed by atoms with van der Waals surface area (Å²) in [6.45, 7) is 8.16. The number of anilines is 1. The standard InChI is InChI=1S/C28H32N4O2/c1-19(2)32-15-13-21(14-16-32)17-23-18-26(30-27(29-23)22-9-5-4-6-10-22)28(34)31-25-12-8-7-11-24(25)20(3)33/h4-12,18-19,21H,13-17H2,1-3H3,(H,31,34). The van der Waals surface area contributed by atoms with Crippen LogP contribution in [0.3, 0.4) is 0 Å². The molecule has 0 unspecified atom stereocenters. The van der Waals surface area contributed by atoms with Crippen molar-refractivity contribution < 1.29 is 9.59 Å². The van der Waals surface area contributed by atoms with Crippen LogP contribution in [0.15, 0.2) is 60.7 Å². The summed E-state index contributed by atoms with van der Waals surface area (Å²) in [6, 6.07) is 19.1. The van der Waals surface area contributed by atoms with Gasteiger partial charge in [0.25, 0.3) is 5.91 Å². The van der Waals surface area contributed by atoms with Gasteiger partial charge in [0.05, 0.1) is 5.69 Å². The zero-order chi connectivity index (χ0) is 24.1. The highest BCUT2D eigenvalue weighted by Crippen LogP contribution is 2.25. The number of amides is 1. The molecule has 1 N–H and O–H groups in total. The fraction of sp³-hybridized carbons (Fsp3) is 0.357. The van der Waals surface area contributed by atoms with Crippen molar-refractivity contribution >= 4 is 17.4 Å². The van der Waals surface area contributed by atoms with Gasteiger partial charge in [-0.3, -0.25) is 9.59 Å². The molecule has 1 aliphatic rings. The van der Waals surface area contributed by atoms with Crippen LogP contribution < -0.4 is 5.32 Å². The lowest BCUT2D eigenvalue weighted by molar-refractivity contribution is 0.101. The number of para-hydroxylation sites is 1. The third-order valence-electron chi connectivity index (χ3n) is 6.48. The van der Waals surface area contributed by atoms with Crippen molar-refractivity contribution in [3.05, 3.63) is 77.6 Å². The summed E-state index contributed by atoms with van der Waals surface area (Å²) in [7, 11) is 0. The molecule has 1 aromatic heterocycles. The number of piperidine rings is 1. The van der Waals surface area contributed by atoms with Crippen molar-refractivity contribution in [2.45, 2.75) is 46.1 Å². The van der Waals surface area contributed by atoms with Gasteiger partial charge in [-0.2, -0.15) is 0 Å². The Kier molecular flexibility index (Phi) is 7.48. The second kappa shape index (κ2) is 10.7. The van der Waals surface area contributed by atoms with Crippen molar-refractivity contribution in [3.63, 3.8) is 0 Å². The highest BCUT2D eigenvalue weighted by molar-refractivity contribution is 6.08. The first-order valence-corrected chi connectivity index (χ1v) is 12.0. The second-order valence-corrected chi connectivity index (χ2v) is 9.27. The number of aromatic nitrogens is 2. The van der Waals surface area contributed by atoms with Gasteiger partial charge in [0, 0.05) is 22.9 Å². The topological polar surface area (TPSA) is 75.2 Å². The van der Waals surface area contributed by atoms with Gasteiger partial charge in [-0.15, -0.1) is 0 Å². The summed E-state index contributed by atoms with van der Waals surface area (Å²) in [5.41, 5.74) is 3.02. The van der Waals surface area contributed by atoms with E-state index in [1.807, 2.05) is 30.3 Å². The van der Waals surface area contributed by atoms with Gasteiger partial charge in [-0.05, 0) is 77.2 Å². The van der Waals surface area contributed by atoms with Crippen LogP contribution in [-0.2, 0) is 6.42 Å². The van der Waals surface area contributed by atoms with Gasteiger partial charge in [0.1, 0.15) is 5.69 Å². The first-order chi connectivity index (χ1) is 16.4. The number of rotatable bonds is 7. The minimum Gasteiger partial charge on any atom is -0.320 e. The molecule has 4 rings (SSSR count). The van der Waals surface area contributed by atoms with E-state index in [1.165, 1.54) is 6.92 Å². The van der Waals surface area contributed by atoms with Crippen LogP contribution in [0, 0.1) is 5.92 Å². The number of hydrogen-bond acceptors (Lipinski definition) is 5. The number of ketones is 1. The number of carbonyl (C=O) groups excluding carboxylic acids is 2. The maximum Gasteiger partial charge on any atom is 0.274 e. The maximum absolute atomic E-state index is 13.2. The molecule has 3 aromatic rings. The molecule has 0 atom stereocenters. The lowest BCUT2D eigenvalue weighted by Gasteiger charge is -2.34. The number of hydrogen-bond donors (Lipinski definition) is 1. The average Bonchev–Trinajstić information content (AvgIpc) is 2.85. The van der Waals surface area contributed by atoms with E-state index in [0.29, 0.717) is 34.7 Å². The monoisotopic (exact) mass is 456 g/mol. The molecule has 0 saturated carbocycles. The summed E-state index contributed by atoms with van der Waals surface area (Å²) in [5, 5.41) is 2.88. The third-order valence-corrected chi connectivity index (χ3v) is 6.48. The number of benzene rings is 2. The molecule has 1 fully saturated rings. The number of nitrogens with zero attached hydrogens (tertiary/aromatic N) is 3. The first kappa shape index (κ1) is 23.8.